The molecule has 0 radical (unpaired) electrons. The Hall–Kier alpha value is -4.27. The smallest absolute Gasteiger partial charge is 0.225 e. The third kappa shape index (κ3) is 3.96. The van der Waals surface area contributed by atoms with Gasteiger partial charge in [0, 0.05) is 88.0 Å². The Bertz CT molecular complexity index is 1400. The third-order valence-corrected chi connectivity index (χ3v) is 6.29. The fourth-order valence-electron chi connectivity index (χ4n) is 4.44. The maximum atomic E-state index is 4.63. The van der Waals surface area contributed by atoms with Crippen LogP contribution in [0, 0.1) is 0 Å². The molecule has 0 amide bonds. The van der Waals surface area contributed by atoms with Gasteiger partial charge in [-0.15, -0.1) is 0 Å². The zero-order valence-electron chi connectivity index (χ0n) is 19.0. The first-order valence-corrected chi connectivity index (χ1v) is 11.4. The minimum absolute atomic E-state index is 0.791. The van der Waals surface area contributed by atoms with Gasteiger partial charge >= 0.3 is 0 Å². The van der Waals surface area contributed by atoms with Crippen LogP contribution in [0.15, 0.2) is 73.8 Å². The molecule has 6 rings (SSSR count). The highest BCUT2D eigenvalue weighted by Crippen LogP contribution is 2.26. The number of aromatic nitrogens is 7. The predicted molar refractivity (Wildman–Crippen MR) is 131 cm³/mol. The fraction of sp³-hybridized carbons (Fsp3) is 0.240. The highest BCUT2D eigenvalue weighted by Gasteiger charge is 2.21. The van der Waals surface area contributed by atoms with Crippen molar-refractivity contribution in [3.05, 3.63) is 85.0 Å². The molecule has 5 aromatic heterocycles. The molecule has 1 aliphatic rings. The van der Waals surface area contributed by atoms with Crippen molar-refractivity contribution in [3.8, 4) is 11.1 Å². The predicted octanol–water partition coefficient (Wildman–Crippen LogP) is 2.84. The lowest BCUT2D eigenvalue weighted by atomic mass is 10.1. The van der Waals surface area contributed by atoms with E-state index in [9.17, 15) is 0 Å². The van der Waals surface area contributed by atoms with Crippen LogP contribution in [-0.2, 0) is 13.5 Å². The van der Waals surface area contributed by atoms with Gasteiger partial charge in [-0.25, -0.2) is 14.5 Å². The Morgan fingerprint density at radius 1 is 0.735 bits per heavy atom. The second-order valence-corrected chi connectivity index (χ2v) is 8.58. The van der Waals surface area contributed by atoms with E-state index >= 15 is 0 Å². The average molecular weight is 452 g/mol. The molecule has 5 aromatic rings. The number of piperazine rings is 1. The van der Waals surface area contributed by atoms with Crippen LogP contribution in [-0.4, -0.2) is 60.5 Å². The van der Waals surface area contributed by atoms with Crippen LogP contribution in [0.4, 0.5) is 11.6 Å². The molecule has 1 aliphatic heterocycles. The van der Waals surface area contributed by atoms with Gasteiger partial charge in [0.15, 0.2) is 0 Å². The number of hydrogen-bond acceptors (Lipinski definition) is 7. The summed E-state index contributed by atoms with van der Waals surface area (Å²) in [4.78, 5) is 18.0. The summed E-state index contributed by atoms with van der Waals surface area (Å²) in [6, 6.07) is 8.32. The second-order valence-electron chi connectivity index (χ2n) is 8.58. The molecule has 6 heterocycles. The number of anilines is 2. The first-order chi connectivity index (χ1) is 16.7. The molecule has 1 saturated heterocycles. The van der Waals surface area contributed by atoms with Gasteiger partial charge in [-0.3, -0.25) is 9.67 Å². The van der Waals surface area contributed by atoms with Crippen LogP contribution in [0.5, 0.6) is 0 Å². The average Bonchev–Trinajstić information content (AvgIpc) is 3.51. The molecule has 0 bridgehead atoms. The molecule has 9 heteroatoms. The Labute approximate surface area is 197 Å². The van der Waals surface area contributed by atoms with Crippen LogP contribution in [0.1, 0.15) is 11.1 Å². The van der Waals surface area contributed by atoms with Crippen molar-refractivity contribution in [1.29, 1.82) is 0 Å². The zero-order chi connectivity index (χ0) is 22.9. The topological polar surface area (TPSA) is 80.3 Å². The maximum absolute atomic E-state index is 4.63. The largest absolute Gasteiger partial charge is 0.365 e. The molecule has 0 atom stereocenters. The first kappa shape index (κ1) is 20.3. The molecule has 0 aromatic carbocycles. The number of rotatable bonds is 5. The normalized spacial score (nSPS) is 14.1. The van der Waals surface area contributed by atoms with Crippen LogP contribution >= 0.6 is 0 Å². The van der Waals surface area contributed by atoms with Crippen molar-refractivity contribution < 1.29 is 0 Å². The lowest BCUT2D eigenvalue weighted by Crippen LogP contribution is -2.47. The Morgan fingerprint density at radius 2 is 1.50 bits per heavy atom. The Morgan fingerprint density at radius 3 is 2.24 bits per heavy atom. The van der Waals surface area contributed by atoms with Gasteiger partial charge in [0.05, 0.1) is 23.6 Å². The van der Waals surface area contributed by atoms with E-state index < -0.39 is 0 Å². The van der Waals surface area contributed by atoms with Crippen LogP contribution in [0.2, 0.25) is 0 Å². The van der Waals surface area contributed by atoms with Crippen LogP contribution < -0.4 is 9.80 Å². The van der Waals surface area contributed by atoms with E-state index in [-0.39, 0.29) is 0 Å². The zero-order valence-corrected chi connectivity index (χ0v) is 19.0. The van der Waals surface area contributed by atoms with E-state index in [2.05, 4.69) is 53.3 Å². The second kappa shape index (κ2) is 8.58. The summed E-state index contributed by atoms with van der Waals surface area (Å²) in [5.74, 6) is 0.791. The van der Waals surface area contributed by atoms with E-state index in [1.807, 2.05) is 71.8 Å². The first-order valence-electron chi connectivity index (χ1n) is 11.4. The SMILES string of the molecule is Cn1cc(-c2ccc3c(N4CCN(c5ncc(Cc6ccncc6)cn5)CC4)cnn3c2)cn1. The Kier molecular flexibility index (Phi) is 5.14. The molecular formula is C25H25N9. The number of pyridine rings is 2. The quantitative estimate of drug-likeness (QED) is 0.406. The summed E-state index contributed by atoms with van der Waals surface area (Å²) < 4.78 is 3.76. The number of fused-ring (bicyclic) bond motifs is 1. The fourth-order valence-corrected chi connectivity index (χ4v) is 4.44. The molecule has 0 spiro atoms. The minimum atomic E-state index is 0.791. The standard InChI is InChI=1S/C25H25N9/c1-31-17-22(15-29-31)21-2-3-23-24(16-30-34(23)18-21)32-8-10-33(11-9-32)25-27-13-20(14-28-25)12-19-4-6-26-7-5-19/h2-7,13-18H,8-12H2,1H3. The summed E-state index contributed by atoms with van der Waals surface area (Å²) in [6.07, 6.45) is 16.2. The lowest BCUT2D eigenvalue weighted by Gasteiger charge is -2.35. The molecule has 9 nitrogen and oxygen atoms in total. The summed E-state index contributed by atoms with van der Waals surface area (Å²) in [7, 11) is 1.93. The van der Waals surface area contributed by atoms with E-state index in [1.54, 1.807) is 0 Å². The van der Waals surface area contributed by atoms with Gasteiger partial charge in [0.2, 0.25) is 5.95 Å². The highest BCUT2D eigenvalue weighted by atomic mass is 15.3. The molecular weight excluding hydrogens is 426 g/mol. The van der Waals surface area contributed by atoms with Crippen molar-refractivity contribution in [1.82, 2.24) is 34.3 Å². The summed E-state index contributed by atoms with van der Waals surface area (Å²) >= 11 is 0. The highest BCUT2D eigenvalue weighted by molar-refractivity contribution is 5.75. The van der Waals surface area contributed by atoms with Crippen molar-refractivity contribution in [2.24, 2.45) is 7.05 Å². The minimum Gasteiger partial charge on any atom is -0.365 e. The summed E-state index contributed by atoms with van der Waals surface area (Å²) in [6.45, 7) is 3.53. The van der Waals surface area contributed by atoms with E-state index in [0.29, 0.717) is 0 Å². The molecule has 34 heavy (non-hydrogen) atoms. The van der Waals surface area contributed by atoms with Crippen molar-refractivity contribution >= 4 is 17.2 Å². The van der Waals surface area contributed by atoms with Crippen molar-refractivity contribution in [3.63, 3.8) is 0 Å². The van der Waals surface area contributed by atoms with Gasteiger partial charge in [-0.2, -0.15) is 10.2 Å². The maximum Gasteiger partial charge on any atom is 0.225 e. The van der Waals surface area contributed by atoms with Gasteiger partial charge < -0.3 is 9.80 Å². The molecule has 170 valence electrons. The van der Waals surface area contributed by atoms with E-state index in [4.69, 9.17) is 0 Å². The van der Waals surface area contributed by atoms with Crippen molar-refractivity contribution in [2.45, 2.75) is 6.42 Å². The number of aryl methyl sites for hydroxylation is 1. The lowest BCUT2D eigenvalue weighted by molar-refractivity contribution is 0.641. The molecule has 0 saturated carbocycles. The summed E-state index contributed by atoms with van der Waals surface area (Å²) in [5, 5.41) is 8.88. The van der Waals surface area contributed by atoms with Gasteiger partial charge in [-0.1, -0.05) is 6.07 Å². The summed E-state index contributed by atoms with van der Waals surface area (Å²) in [5.41, 5.74) is 6.77. The molecule has 0 aliphatic carbocycles. The number of hydrogen-bond donors (Lipinski definition) is 0. The van der Waals surface area contributed by atoms with Gasteiger partial charge in [0.25, 0.3) is 0 Å². The molecule has 0 N–H and O–H groups in total. The van der Waals surface area contributed by atoms with Crippen LogP contribution in [0.25, 0.3) is 16.6 Å². The van der Waals surface area contributed by atoms with Crippen molar-refractivity contribution in [2.75, 3.05) is 36.0 Å². The van der Waals surface area contributed by atoms with E-state index in [0.717, 1.165) is 66.4 Å². The molecule has 1 fully saturated rings. The Balaban J connectivity index is 1.12. The van der Waals surface area contributed by atoms with E-state index in [1.165, 1.54) is 5.56 Å². The van der Waals surface area contributed by atoms with Gasteiger partial charge in [0.1, 0.15) is 0 Å². The third-order valence-electron chi connectivity index (χ3n) is 6.29. The number of nitrogens with zero attached hydrogens (tertiary/aromatic N) is 9. The monoisotopic (exact) mass is 451 g/mol. The molecule has 0 unspecified atom stereocenters. The van der Waals surface area contributed by atoms with Gasteiger partial charge in [-0.05, 0) is 29.3 Å². The van der Waals surface area contributed by atoms with Crippen LogP contribution in [0.3, 0.4) is 0 Å².